The molecule has 1 heterocycles. The second kappa shape index (κ2) is 5.46. The zero-order valence-corrected chi connectivity index (χ0v) is 12.3. The van der Waals surface area contributed by atoms with E-state index in [1.165, 1.54) is 11.3 Å². The molecule has 0 bridgehead atoms. The van der Waals surface area contributed by atoms with E-state index in [4.69, 9.17) is 4.74 Å². The summed E-state index contributed by atoms with van der Waals surface area (Å²) in [6, 6.07) is 6.90. The summed E-state index contributed by atoms with van der Waals surface area (Å²) in [6.45, 7) is 0.653. The first kappa shape index (κ1) is 14.0. The van der Waals surface area contributed by atoms with E-state index in [9.17, 15) is 14.7 Å². The Morgan fingerprint density at radius 1 is 1.48 bits per heavy atom. The zero-order chi connectivity index (χ0) is 15.0. The average Bonchev–Trinajstić information content (AvgIpc) is 3.02. The fourth-order valence-corrected chi connectivity index (χ4v) is 3.41. The number of hydrogen-bond donors (Lipinski definition) is 2. The van der Waals surface area contributed by atoms with Gasteiger partial charge in [-0.15, -0.1) is 11.3 Å². The van der Waals surface area contributed by atoms with Crippen LogP contribution < -0.4 is 5.32 Å². The topological polar surface area (TPSA) is 75.6 Å². The van der Waals surface area contributed by atoms with Crippen LogP contribution in [0.25, 0.3) is 10.1 Å². The van der Waals surface area contributed by atoms with Gasteiger partial charge in [-0.2, -0.15) is 0 Å². The van der Waals surface area contributed by atoms with Crippen molar-refractivity contribution < 1.29 is 19.4 Å². The van der Waals surface area contributed by atoms with Crippen molar-refractivity contribution in [2.24, 2.45) is 5.92 Å². The van der Waals surface area contributed by atoms with Crippen molar-refractivity contribution in [3.05, 3.63) is 34.7 Å². The fourth-order valence-electron chi connectivity index (χ4n) is 2.42. The highest BCUT2D eigenvalue weighted by Crippen LogP contribution is 2.32. The first-order chi connectivity index (χ1) is 10.1. The van der Waals surface area contributed by atoms with Crippen LogP contribution in [0.1, 0.15) is 26.5 Å². The molecular weight excluding hydrogens is 290 g/mol. The van der Waals surface area contributed by atoms with Crippen molar-refractivity contribution in [1.82, 2.24) is 5.32 Å². The van der Waals surface area contributed by atoms with Gasteiger partial charge in [0.25, 0.3) is 5.91 Å². The first-order valence-electron chi connectivity index (χ1n) is 6.66. The highest BCUT2D eigenvalue weighted by Gasteiger charge is 2.38. The molecule has 110 valence electrons. The lowest BCUT2D eigenvalue weighted by Gasteiger charge is -2.01. The molecule has 1 saturated carbocycles. The highest BCUT2D eigenvalue weighted by atomic mass is 32.1. The number of carbonyl (C=O) groups is 2. The van der Waals surface area contributed by atoms with E-state index in [1.54, 1.807) is 25.3 Å². The number of hydrogen-bond acceptors (Lipinski definition) is 4. The molecule has 1 amide bonds. The van der Waals surface area contributed by atoms with Gasteiger partial charge in [0.2, 0.25) is 0 Å². The number of ether oxygens (including phenoxy) is 1. The number of aromatic carboxylic acids is 1. The molecule has 1 aliphatic carbocycles. The molecule has 1 aliphatic rings. The third-order valence-electron chi connectivity index (χ3n) is 3.64. The lowest BCUT2D eigenvalue weighted by Crippen LogP contribution is -2.26. The number of thiophene rings is 1. The third-order valence-corrected chi connectivity index (χ3v) is 4.73. The number of methoxy groups -OCH3 is 1. The Morgan fingerprint density at radius 2 is 2.29 bits per heavy atom. The minimum Gasteiger partial charge on any atom is -0.478 e. The molecule has 0 spiro atoms. The summed E-state index contributed by atoms with van der Waals surface area (Å²) < 4.78 is 5.87. The number of fused-ring (bicyclic) bond motifs is 1. The molecule has 5 nitrogen and oxygen atoms in total. The van der Waals surface area contributed by atoms with Gasteiger partial charge in [-0.1, -0.05) is 6.07 Å². The Balaban J connectivity index is 1.80. The summed E-state index contributed by atoms with van der Waals surface area (Å²) in [4.78, 5) is 23.9. The van der Waals surface area contributed by atoms with Gasteiger partial charge < -0.3 is 15.2 Å². The van der Waals surface area contributed by atoms with Crippen LogP contribution in [0.15, 0.2) is 24.3 Å². The molecule has 0 radical (unpaired) electrons. The predicted octanol–water partition coefficient (Wildman–Crippen LogP) is 2.36. The number of rotatable bonds is 5. The van der Waals surface area contributed by atoms with Crippen molar-refractivity contribution in [3.63, 3.8) is 0 Å². The normalized spacial score (nSPS) is 20.4. The number of nitrogens with one attached hydrogen (secondary N) is 1. The number of amides is 1. The molecule has 1 aromatic heterocycles. The van der Waals surface area contributed by atoms with Gasteiger partial charge >= 0.3 is 5.97 Å². The minimum absolute atomic E-state index is 0.142. The lowest BCUT2D eigenvalue weighted by atomic mass is 10.1. The zero-order valence-electron chi connectivity index (χ0n) is 11.5. The van der Waals surface area contributed by atoms with Gasteiger partial charge in [0.1, 0.15) is 0 Å². The van der Waals surface area contributed by atoms with E-state index < -0.39 is 5.97 Å². The molecule has 0 unspecified atom stereocenters. The molecule has 6 heteroatoms. The van der Waals surface area contributed by atoms with Gasteiger partial charge in [0.05, 0.1) is 17.0 Å². The molecule has 2 atom stereocenters. The van der Waals surface area contributed by atoms with Crippen LogP contribution in [0.5, 0.6) is 0 Å². The molecule has 21 heavy (non-hydrogen) atoms. The summed E-state index contributed by atoms with van der Waals surface area (Å²) in [5, 5.41) is 12.7. The second-order valence-corrected chi connectivity index (χ2v) is 6.25. The smallest absolute Gasteiger partial charge is 0.336 e. The quantitative estimate of drug-likeness (QED) is 0.889. The number of carboxylic acids is 1. The standard InChI is InChI=1S/C15H15NO4S/c1-20-7-8-5-11(8)16-14(17)13-6-10-9(15(18)19)3-2-4-12(10)21-13/h2-4,6,8,11H,5,7H2,1H3,(H,16,17)(H,18,19)/t8-,11+/m1/s1. The van der Waals surface area contributed by atoms with Gasteiger partial charge in [-0.3, -0.25) is 4.79 Å². The highest BCUT2D eigenvalue weighted by molar-refractivity contribution is 7.20. The molecule has 1 fully saturated rings. The van der Waals surface area contributed by atoms with Crippen LogP contribution in [-0.2, 0) is 4.74 Å². The van der Waals surface area contributed by atoms with Gasteiger partial charge in [-0.25, -0.2) is 4.79 Å². The van der Waals surface area contributed by atoms with E-state index >= 15 is 0 Å². The lowest BCUT2D eigenvalue weighted by molar-refractivity contribution is 0.0698. The Kier molecular flexibility index (Phi) is 3.65. The van der Waals surface area contributed by atoms with E-state index in [2.05, 4.69) is 5.32 Å². The Labute approximate surface area is 125 Å². The van der Waals surface area contributed by atoms with Crippen molar-refractivity contribution in [1.29, 1.82) is 0 Å². The van der Waals surface area contributed by atoms with Crippen molar-refractivity contribution >= 4 is 33.3 Å². The number of carboxylic acid groups (broad SMARTS) is 1. The second-order valence-electron chi connectivity index (χ2n) is 5.16. The predicted molar refractivity (Wildman–Crippen MR) is 80.0 cm³/mol. The molecule has 1 aromatic carbocycles. The maximum Gasteiger partial charge on any atom is 0.336 e. The monoisotopic (exact) mass is 305 g/mol. The summed E-state index contributed by atoms with van der Waals surface area (Å²) in [5.74, 6) is -0.730. The summed E-state index contributed by atoms with van der Waals surface area (Å²) in [5.41, 5.74) is 0.228. The largest absolute Gasteiger partial charge is 0.478 e. The summed E-state index contributed by atoms with van der Waals surface area (Å²) >= 11 is 1.31. The van der Waals surface area contributed by atoms with Gasteiger partial charge in [0.15, 0.2) is 0 Å². The number of carbonyl (C=O) groups excluding carboxylic acids is 1. The first-order valence-corrected chi connectivity index (χ1v) is 7.47. The fraction of sp³-hybridized carbons (Fsp3) is 0.333. The Bertz CT molecular complexity index is 709. The van der Waals surface area contributed by atoms with Crippen LogP contribution in [0.4, 0.5) is 0 Å². The van der Waals surface area contributed by atoms with Crippen molar-refractivity contribution in [2.45, 2.75) is 12.5 Å². The van der Waals surface area contributed by atoms with E-state index in [0.29, 0.717) is 22.8 Å². The van der Waals surface area contributed by atoms with E-state index in [-0.39, 0.29) is 17.5 Å². The molecule has 2 aromatic rings. The Morgan fingerprint density at radius 3 is 3.00 bits per heavy atom. The molecule has 0 aliphatic heterocycles. The molecular formula is C15H15NO4S. The SMILES string of the molecule is COC[C@H]1C[C@@H]1NC(=O)c1cc2c(C(=O)O)cccc2s1. The average molecular weight is 305 g/mol. The van der Waals surface area contributed by atoms with Crippen LogP contribution in [0, 0.1) is 5.92 Å². The molecule has 3 rings (SSSR count). The third kappa shape index (κ3) is 2.77. The van der Waals surface area contributed by atoms with Crippen LogP contribution >= 0.6 is 11.3 Å². The summed E-state index contributed by atoms with van der Waals surface area (Å²) in [7, 11) is 1.65. The van der Waals surface area contributed by atoms with Crippen LogP contribution in [-0.4, -0.2) is 36.7 Å². The van der Waals surface area contributed by atoms with E-state index in [1.807, 2.05) is 6.07 Å². The summed E-state index contributed by atoms with van der Waals surface area (Å²) in [6.07, 6.45) is 0.935. The van der Waals surface area contributed by atoms with Crippen molar-refractivity contribution in [2.75, 3.05) is 13.7 Å². The number of benzene rings is 1. The van der Waals surface area contributed by atoms with Gasteiger partial charge in [-0.05, 0) is 24.6 Å². The van der Waals surface area contributed by atoms with Crippen LogP contribution in [0.2, 0.25) is 0 Å². The van der Waals surface area contributed by atoms with Gasteiger partial charge in [0, 0.05) is 29.2 Å². The minimum atomic E-state index is -0.979. The molecule has 2 N–H and O–H groups in total. The Hall–Kier alpha value is -1.92. The maximum absolute atomic E-state index is 12.2. The van der Waals surface area contributed by atoms with Crippen LogP contribution in [0.3, 0.4) is 0 Å². The maximum atomic E-state index is 12.2. The molecule has 0 saturated heterocycles. The van der Waals surface area contributed by atoms with Crippen molar-refractivity contribution in [3.8, 4) is 0 Å². The van der Waals surface area contributed by atoms with E-state index in [0.717, 1.165) is 11.1 Å².